The molecule has 4 aliphatic rings. The van der Waals surface area contributed by atoms with E-state index >= 15 is 0 Å². The van der Waals surface area contributed by atoms with Gasteiger partial charge in [0, 0.05) is 17.3 Å². The summed E-state index contributed by atoms with van der Waals surface area (Å²) < 4.78 is 0. The van der Waals surface area contributed by atoms with Crippen molar-refractivity contribution in [1.29, 1.82) is 0 Å². The van der Waals surface area contributed by atoms with E-state index in [-0.39, 0.29) is 16.9 Å². The van der Waals surface area contributed by atoms with Gasteiger partial charge in [0.2, 0.25) is 0 Å². The van der Waals surface area contributed by atoms with Crippen LogP contribution in [0.5, 0.6) is 0 Å². The van der Waals surface area contributed by atoms with E-state index in [2.05, 4.69) is 26.0 Å². The normalized spacial score (nSPS) is 48.9. The first-order chi connectivity index (χ1) is 9.95. The Bertz CT molecular complexity index is 558. The monoisotopic (exact) mass is 286 g/mol. The Morgan fingerprint density at radius 2 is 2.05 bits per heavy atom. The van der Waals surface area contributed by atoms with Crippen molar-refractivity contribution in [1.82, 2.24) is 0 Å². The molecule has 0 amide bonds. The predicted octanol–water partition coefficient (Wildman–Crippen LogP) is 3.80. The van der Waals surface area contributed by atoms with Crippen LogP contribution in [0.3, 0.4) is 0 Å². The van der Waals surface area contributed by atoms with Crippen LogP contribution in [0, 0.1) is 22.7 Å². The van der Waals surface area contributed by atoms with Gasteiger partial charge in [0.05, 0.1) is 6.10 Å². The topological polar surface area (TPSA) is 37.3 Å². The number of hydrogen-bond donors (Lipinski definition) is 1. The van der Waals surface area contributed by atoms with E-state index in [4.69, 9.17) is 0 Å². The molecule has 0 aromatic carbocycles. The Morgan fingerprint density at radius 3 is 2.86 bits per heavy atom. The number of allylic oxidation sites excluding steroid dienone is 3. The van der Waals surface area contributed by atoms with Crippen LogP contribution in [0.15, 0.2) is 23.3 Å². The molecule has 0 aromatic heterocycles. The molecule has 0 aromatic rings. The quantitative estimate of drug-likeness (QED) is 0.688. The van der Waals surface area contributed by atoms with Crippen molar-refractivity contribution in [2.45, 2.75) is 64.9 Å². The SMILES string of the molecule is C[C@]12CC[C@H](O)CC1=CCC1C2=CC[C@]2(C)C(=O)CCC12. The second-order valence-electron chi connectivity index (χ2n) is 8.15. The molecule has 4 rings (SSSR count). The Morgan fingerprint density at radius 1 is 1.24 bits per heavy atom. The van der Waals surface area contributed by atoms with Crippen molar-refractivity contribution in [2.75, 3.05) is 0 Å². The molecular formula is C19H26O2. The third-order valence-electron chi connectivity index (χ3n) is 7.17. The van der Waals surface area contributed by atoms with Gasteiger partial charge in [0.25, 0.3) is 0 Å². The highest BCUT2D eigenvalue weighted by molar-refractivity contribution is 5.87. The molecule has 0 radical (unpaired) electrons. The molecule has 0 bridgehead atoms. The molecule has 0 saturated heterocycles. The Labute approximate surface area is 127 Å². The largest absolute Gasteiger partial charge is 0.393 e. The molecule has 2 fully saturated rings. The number of rotatable bonds is 0. The molecule has 2 nitrogen and oxygen atoms in total. The summed E-state index contributed by atoms with van der Waals surface area (Å²) in [6.07, 6.45) is 11.4. The van der Waals surface area contributed by atoms with E-state index in [9.17, 15) is 9.90 Å². The van der Waals surface area contributed by atoms with Crippen LogP contribution in [0.4, 0.5) is 0 Å². The van der Waals surface area contributed by atoms with Gasteiger partial charge >= 0.3 is 0 Å². The van der Waals surface area contributed by atoms with Gasteiger partial charge in [-0.1, -0.05) is 37.1 Å². The van der Waals surface area contributed by atoms with E-state index in [0.717, 1.165) is 44.9 Å². The molecule has 2 saturated carbocycles. The van der Waals surface area contributed by atoms with Gasteiger partial charge in [0.15, 0.2) is 0 Å². The highest BCUT2D eigenvalue weighted by Crippen LogP contribution is 2.61. The Hall–Kier alpha value is -0.890. The minimum atomic E-state index is -0.150. The summed E-state index contributed by atoms with van der Waals surface area (Å²) in [5.74, 6) is 1.60. The lowest BCUT2D eigenvalue weighted by Crippen LogP contribution is -2.44. The third kappa shape index (κ3) is 1.72. The highest BCUT2D eigenvalue weighted by atomic mass is 16.3. The van der Waals surface area contributed by atoms with Crippen LogP contribution in [0.25, 0.3) is 0 Å². The lowest BCUT2D eigenvalue weighted by molar-refractivity contribution is -0.127. The second kappa shape index (κ2) is 4.32. The van der Waals surface area contributed by atoms with E-state index in [1.54, 1.807) is 5.57 Å². The maximum absolute atomic E-state index is 12.3. The summed E-state index contributed by atoms with van der Waals surface area (Å²) >= 11 is 0. The van der Waals surface area contributed by atoms with Crippen LogP contribution in [-0.4, -0.2) is 17.0 Å². The van der Waals surface area contributed by atoms with Gasteiger partial charge in [-0.25, -0.2) is 0 Å². The first-order valence-electron chi connectivity index (χ1n) is 8.56. The van der Waals surface area contributed by atoms with Crippen LogP contribution >= 0.6 is 0 Å². The first-order valence-corrected chi connectivity index (χ1v) is 8.56. The minimum absolute atomic E-state index is 0.0932. The Balaban J connectivity index is 1.75. The molecule has 4 aliphatic carbocycles. The van der Waals surface area contributed by atoms with E-state index < -0.39 is 0 Å². The number of ketones is 1. The fraction of sp³-hybridized carbons (Fsp3) is 0.737. The van der Waals surface area contributed by atoms with Gasteiger partial charge in [-0.15, -0.1) is 0 Å². The number of fused-ring (bicyclic) bond motifs is 5. The number of Topliss-reactive ketones (excluding diaryl/α,β-unsaturated/α-hetero) is 1. The summed E-state index contributed by atoms with van der Waals surface area (Å²) in [6.45, 7) is 4.58. The number of hydrogen-bond acceptors (Lipinski definition) is 2. The summed E-state index contributed by atoms with van der Waals surface area (Å²) in [4.78, 5) is 12.3. The Kier molecular flexibility index (Phi) is 2.83. The number of carbonyl (C=O) groups is 1. The molecular weight excluding hydrogens is 260 g/mol. The van der Waals surface area contributed by atoms with E-state index in [0.29, 0.717) is 17.6 Å². The lowest BCUT2D eigenvalue weighted by Gasteiger charge is -2.52. The van der Waals surface area contributed by atoms with Gasteiger partial charge < -0.3 is 5.11 Å². The lowest BCUT2D eigenvalue weighted by atomic mass is 9.52. The zero-order valence-electron chi connectivity index (χ0n) is 13.2. The van der Waals surface area contributed by atoms with Gasteiger partial charge in [-0.05, 0) is 50.4 Å². The smallest absolute Gasteiger partial charge is 0.139 e. The molecule has 0 aliphatic heterocycles. The maximum atomic E-state index is 12.3. The van der Waals surface area contributed by atoms with E-state index in [1.165, 1.54) is 5.57 Å². The van der Waals surface area contributed by atoms with Crippen LogP contribution in [0.2, 0.25) is 0 Å². The third-order valence-corrected chi connectivity index (χ3v) is 7.17. The number of aliphatic hydroxyl groups excluding tert-OH is 1. The van der Waals surface area contributed by atoms with Crippen molar-refractivity contribution in [2.24, 2.45) is 22.7 Å². The molecule has 0 heterocycles. The fourth-order valence-electron chi connectivity index (χ4n) is 5.73. The molecule has 2 heteroatoms. The van der Waals surface area contributed by atoms with Crippen LogP contribution < -0.4 is 0 Å². The molecule has 0 spiro atoms. The van der Waals surface area contributed by atoms with Gasteiger partial charge in [0.1, 0.15) is 5.78 Å². The van der Waals surface area contributed by atoms with Crippen LogP contribution in [-0.2, 0) is 4.79 Å². The summed E-state index contributed by atoms with van der Waals surface area (Å²) in [5, 5.41) is 9.98. The maximum Gasteiger partial charge on any atom is 0.139 e. The summed E-state index contributed by atoms with van der Waals surface area (Å²) in [5.41, 5.74) is 3.12. The standard InChI is InChI=1S/C19H26O2/c1-18-9-7-13(20)11-12(18)3-4-14-15-5-6-17(21)19(15,2)10-8-16(14)18/h3,8,13-15,20H,4-7,9-11H2,1-2H3/t13-,14?,15?,18-,19-/m0/s1. The first kappa shape index (κ1) is 13.8. The van der Waals surface area contributed by atoms with E-state index in [1.807, 2.05) is 0 Å². The average Bonchev–Trinajstić information content (AvgIpc) is 2.76. The van der Waals surface area contributed by atoms with Crippen molar-refractivity contribution in [3.63, 3.8) is 0 Å². The summed E-state index contributed by atoms with van der Waals surface area (Å²) in [6, 6.07) is 0. The van der Waals surface area contributed by atoms with Crippen LogP contribution in [0.1, 0.15) is 58.8 Å². The molecule has 5 atom stereocenters. The zero-order valence-corrected chi connectivity index (χ0v) is 13.2. The number of aliphatic hydroxyl groups is 1. The molecule has 2 unspecified atom stereocenters. The van der Waals surface area contributed by atoms with Crippen molar-refractivity contribution >= 4 is 5.78 Å². The average molecular weight is 286 g/mol. The molecule has 21 heavy (non-hydrogen) atoms. The van der Waals surface area contributed by atoms with Crippen molar-refractivity contribution in [3.8, 4) is 0 Å². The van der Waals surface area contributed by atoms with Gasteiger partial charge in [-0.3, -0.25) is 4.79 Å². The second-order valence-corrected chi connectivity index (χ2v) is 8.15. The highest BCUT2D eigenvalue weighted by Gasteiger charge is 2.55. The van der Waals surface area contributed by atoms with Crippen molar-refractivity contribution < 1.29 is 9.90 Å². The minimum Gasteiger partial charge on any atom is -0.393 e. The number of carbonyl (C=O) groups excluding carboxylic acids is 1. The molecule has 1 N–H and O–H groups in total. The zero-order chi connectivity index (χ0) is 14.8. The van der Waals surface area contributed by atoms with Crippen molar-refractivity contribution in [3.05, 3.63) is 23.3 Å². The molecule has 114 valence electrons. The summed E-state index contributed by atoms with van der Waals surface area (Å²) in [7, 11) is 0. The predicted molar refractivity (Wildman–Crippen MR) is 82.7 cm³/mol. The fourth-order valence-corrected chi connectivity index (χ4v) is 5.73. The van der Waals surface area contributed by atoms with Gasteiger partial charge in [-0.2, -0.15) is 0 Å².